The maximum atomic E-state index is 5.85. The smallest absolute Gasteiger partial charge is 0.189 e. The number of hydrogen-bond acceptors (Lipinski definition) is 3. The van der Waals surface area contributed by atoms with E-state index in [0.717, 1.165) is 5.82 Å². The topological polar surface area (TPSA) is 81.1 Å². The van der Waals surface area contributed by atoms with Crippen molar-refractivity contribution >= 4 is 5.96 Å². The Morgan fingerprint density at radius 3 is 2.94 bits per heavy atom. The van der Waals surface area contributed by atoms with Gasteiger partial charge in [0.05, 0.1) is 0 Å². The van der Waals surface area contributed by atoms with Gasteiger partial charge in [-0.3, -0.25) is 0 Å². The minimum Gasteiger partial charge on any atom is -0.370 e. The zero-order valence-electron chi connectivity index (χ0n) is 10.3. The lowest BCUT2D eigenvalue weighted by atomic mass is 9.96. The van der Waals surface area contributed by atoms with Crippen molar-refractivity contribution in [2.75, 3.05) is 0 Å². The lowest BCUT2D eigenvalue weighted by Gasteiger charge is -2.23. The van der Waals surface area contributed by atoms with E-state index < -0.39 is 0 Å². The largest absolute Gasteiger partial charge is 0.370 e. The van der Waals surface area contributed by atoms with Gasteiger partial charge in [0.2, 0.25) is 0 Å². The van der Waals surface area contributed by atoms with Gasteiger partial charge in [-0.1, -0.05) is 19.3 Å². The number of aliphatic imine (C=N–C) groups is 1. The Morgan fingerprint density at radius 1 is 1.53 bits per heavy atom. The molecule has 1 aromatic heterocycles. The first-order valence-corrected chi connectivity index (χ1v) is 6.15. The van der Waals surface area contributed by atoms with Crippen molar-refractivity contribution in [3.05, 3.63) is 12.2 Å². The predicted molar refractivity (Wildman–Crippen MR) is 66.3 cm³/mol. The number of hydrogen-bond donors (Lipinski definition) is 2. The van der Waals surface area contributed by atoms with Gasteiger partial charge in [-0.2, -0.15) is 0 Å². The normalized spacial score (nSPS) is 18.3. The molecular formula is C11H20N6. The summed E-state index contributed by atoms with van der Waals surface area (Å²) in [5, 5.41) is 11.0. The van der Waals surface area contributed by atoms with Gasteiger partial charge in [-0.15, -0.1) is 10.2 Å². The molecule has 0 unspecified atom stereocenters. The lowest BCUT2D eigenvalue weighted by molar-refractivity contribution is 0.412. The lowest BCUT2D eigenvalue weighted by Crippen LogP contribution is -2.41. The van der Waals surface area contributed by atoms with Crippen LogP contribution in [-0.2, 0) is 13.6 Å². The highest BCUT2D eigenvalue weighted by Gasteiger charge is 2.13. The molecule has 6 nitrogen and oxygen atoms in total. The van der Waals surface area contributed by atoms with Crippen molar-refractivity contribution in [2.24, 2.45) is 17.8 Å². The molecule has 1 heterocycles. The van der Waals surface area contributed by atoms with Crippen LogP contribution in [0.25, 0.3) is 0 Å². The molecule has 0 aromatic carbocycles. The quantitative estimate of drug-likeness (QED) is 0.593. The van der Waals surface area contributed by atoms with Crippen molar-refractivity contribution in [2.45, 2.75) is 44.7 Å². The fraction of sp³-hybridized carbons (Fsp3) is 0.727. The average molecular weight is 236 g/mol. The van der Waals surface area contributed by atoms with E-state index in [1.54, 1.807) is 6.33 Å². The summed E-state index contributed by atoms with van der Waals surface area (Å²) in [5.74, 6) is 1.33. The third kappa shape index (κ3) is 3.44. The molecule has 3 N–H and O–H groups in total. The van der Waals surface area contributed by atoms with E-state index in [9.17, 15) is 0 Å². The summed E-state index contributed by atoms with van der Waals surface area (Å²) >= 11 is 0. The van der Waals surface area contributed by atoms with Crippen LogP contribution in [0.15, 0.2) is 11.3 Å². The third-order valence-corrected chi connectivity index (χ3v) is 3.15. The van der Waals surface area contributed by atoms with Crippen molar-refractivity contribution in [1.29, 1.82) is 0 Å². The molecule has 1 aliphatic rings. The number of guanidine groups is 1. The summed E-state index contributed by atoms with van der Waals surface area (Å²) in [4.78, 5) is 4.28. The second kappa shape index (κ2) is 5.65. The summed E-state index contributed by atoms with van der Waals surface area (Å²) in [6.07, 6.45) is 7.96. The standard InChI is InChI=1S/C11H20N6/c1-17-8-14-16-10(17)7-13-11(12)15-9-5-3-2-4-6-9/h8-9H,2-7H2,1H3,(H3,12,13,15). The number of aromatic nitrogens is 3. The van der Waals surface area contributed by atoms with Crippen LogP contribution >= 0.6 is 0 Å². The molecule has 0 saturated heterocycles. The van der Waals surface area contributed by atoms with E-state index in [1.807, 2.05) is 11.6 Å². The summed E-state index contributed by atoms with van der Waals surface area (Å²) in [7, 11) is 1.90. The zero-order chi connectivity index (χ0) is 12.1. The van der Waals surface area contributed by atoms with Gasteiger partial charge in [0.25, 0.3) is 0 Å². The molecule has 1 fully saturated rings. The number of aryl methyl sites for hydroxylation is 1. The molecule has 0 aliphatic heterocycles. The molecule has 0 bridgehead atoms. The summed E-state index contributed by atoms with van der Waals surface area (Å²) < 4.78 is 1.84. The second-order valence-electron chi connectivity index (χ2n) is 4.54. The van der Waals surface area contributed by atoms with Crippen LogP contribution in [0.2, 0.25) is 0 Å². The zero-order valence-corrected chi connectivity index (χ0v) is 10.3. The summed E-state index contributed by atoms with van der Waals surface area (Å²) in [6, 6.07) is 0.493. The molecule has 6 heteroatoms. The minimum atomic E-state index is 0.474. The van der Waals surface area contributed by atoms with Gasteiger partial charge in [0, 0.05) is 13.1 Å². The van der Waals surface area contributed by atoms with Crippen LogP contribution in [-0.4, -0.2) is 26.8 Å². The van der Waals surface area contributed by atoms with E-state index in [4.69, 9.17) is 5.73 Å². The molecule has 0 amide bonds. The van der Waals surface area contributed by atoms with Gasteiger partial charge >= 0.3 is 0 Å². The SMILES string of the molecule is Cn1cnnc1CN=C(N)NC1CCCCC1. The highest BCUT2D eigenvalue weighted by molar-refractivity contribution is 5.78. The van der Waals surface area contributed by atoms with Crippen molar-refractivity contribution in [3.8, 4) is 0 Å². The van der Waals surface area contributed by atoms with Gasteiger partial charge < -0.3 is 15.6 Å². The predicted octanol–water partition coefficient (Wildman–Crippen LogP) is 0.552. The van der Waals surface area contributed by atoms with E-state index in [-0.39, 0.29) is 0 Å². The monoisotopic (exact) mass is 236 g/mol. The minimum absolute atomic E-state index is 0.474. The first kappa shape index (κ1) is 11.9. The van der Waals surface area contributed by atoms with Crippen LogP contribution in [0, 0.1) is 0 Å². The Bertz CT molecular complexity index is 377. The Labute approximate surface area is 101 Å². The van der Waals surface area contributed by atoms with Crippen LogP contribution in [0.5, 0.6) is 0 Å². The Hall–Kier alpha value is -1.59. The molecule has 1 aliphatic carbocycles. The molecule has 1 saturated carbocycles. The van der Waals surface area contributed by atoms with Gasteiger partial charge in [0.1, 0.15) is 12.9 Å². The average Bonchev–Trinajstić information content (AvgIpc) is 2.74. The van der Waals surface area contributed by atoms with Gasteiger partial charge in [-0.05, 0) is 12.8 Å². The van der Waals surface area contributed by atoms with Crippen molar-refractivity contribution in [1.82, 2.24) is 20.1 Å². The molecule has 1 aromatic rings. The highest BCUT2D eigenvalue weighted by Crippen LogP contribution is 2.16. The summed E-state index contributed by atoms with van der Waals surface area (Å²) in [5.41, 5.74) is 5.85. The first-order chi connectivity index (χ1) is 8.25. The van der Waals surface area contributed by atoms with E-state index >= 15 is 0 Å². The molecule has 17 heavy (non-hydrogen) atoms. The number of nitrogens with one attached hydrogen (secondary N) is 1. The van der Waals surface area contributed by atoms with Crippen LogP contribution in [0.1, 0.15) is 37.9 Å². The van der Waals surface area contributed by atoms with E-state index in [0.29, 0.717) is 18.5 Å². The van der Waals surface area contributed by atoms with Gasteiger partial charge in [-0.25, -0.2) is 4.99 Å². The molecule has 0 radical (unpaired) electrons. The number of nitrogens with two attached hydrogens (primary N) is 1. The molecular weight excluding hydrogens is 216 g/mol. The van der Waals surface area contributed by atoms with E-state index in [2.05, 4.69) is 20.5 Å². The summed E-state index contributed by atoms with van der Waals surface area (Å²) in [6.45, 7) is 0.474. The third-order valence-electron chi connectivity index (χ3n) is 3.15. The van der Waals surface area contributed by atoms with Crippen LogP contribution < -0.4 is 11.1 Å². The number of rotatable bonds is 3. The molecule has 94 valence electrons. The Kier molecular flexibility index (Phi) is 3.95. The maximum Gasteiger partial charge on any atom is 0.189 e. The highest BCUT2D eigenvalue weighted by atomic mass is 15.3. The maximum absolute atomic E-state index is 5.85. The Balaban J connectivity index is 1.82. The van der Waals surface area contributed by atoms with Crippen molar-refractivity contribution in [3.63, 3.8) is 0 Å². The van der Waals surface area contributed by atoms with Crippen LogP contribution in [0.4, 0.5) is 0 Å². The number of nitrogens with zero attached hydrogens (tertiary/aromatic N) is 4. The second-order valence-corrected chi connectivity index (χ2v) is 4.54. The van der Waals surface area contributed by atoms with Gasteiger partial charge in [0.15, 0.2) is 11.8 Å². The fourth-order valence-electron chi connectivity index (χ4n) is 2.11. The fourth-order valence-corrected chi connectivity index (χ4v) is 2.11. The van der Waals surface area contributed by atoms with Crippen molar-refractivity contribution < 1.29 is 0 Å². The van der Waals surface area contributed by atoms with Crippen LogP contribution in [0.3, 0.4) is 0 Å². The Morgan fingerprint density at radius 2 is 2.29 bits per heavy atom. The molecule has 0 atom stereocenters. The molecule has 2 rings (SSSR count). The molecule has 0 spiro atoms. The first-order valence-electron chi connectivity index (χ1n) is 6.15. The van der Waals surface area contributed by atoms with E-state index in [1.165, 1.54) is 32.1 Å².